The molecule has 592 valence electrons. The highest BCUT2D eigenvalue weighted by Crippen LogP contribution is 2.56. The lowest BCUT2D eigenvalue weighted by Crippen LogP contribution is -2.22. The average Bonchev–Trinajstić information content (AvgIpc) is 0.729. The van der Waals surface area contributed by atoms with Crippen molar-refractivity contribution in [2.75, 3.05) is 106 Å². The zero-order chi connectivity index (χ0) is 80.4. The van der Waals surface area contributed by atoms with E-state index in [1.807, 2.05) is 149 Å². The molecule has 112 heavy (non-hydrogen) atoms. The van der Waals surface area contributed by atoms with E-state index in [1.54, 1.807) is 79.7 Å². The van der Waals surface area contributed by atoms with Crippen LogP contribution in [0.5, 0.6) is 46.0 Å². The van der Waals surface area contributed by atoms with Crippen molar-refractivity contribution in [1.82, 2.24) is 0 Å². The van der Waals surface area contributed by atoms with Gasteiger partial charge in [-0.05, 0) is 152 Å². The number of benzene rings is 8. The third-order valence-corrected chi connectivity index (χ3v) is 18.3. The van der Waals surface area contributed by atoms with Gasteiger partial charge in [0.25, 0.3) is 0 Å². The summed E-state index contributed by atoms with van der Waals surface area (Å²) in [4.78, 5) is 112. The largest absolute Gasteiger partial charge is 0.481 e. The smallest absolute Gasteiger partial charge is 0.344 e. The van der Waals surface area contributed by atoms with Crippen LogP contribution in [0.15, 0.2) is 146 Å². The lowest BCUT2D eigenvalue weighted by atomic mass is 9.73. The highest BCUT2D eigenvalue weighted by atomic mass is 16.6. The molecule has 8 aromatic carbocycles. The van der Waals surface area contributed by atoms with E-state index in [4.69, 9.17) is 75.8 Å². The van der Waals surface area contributed by atoms with Crippen LogP contribution >= 0.6 is 0 Å². The number of rotatable bonds is 36. The summed E-state index contributed by atoms with van der Waals surface area (Å²) >= 11 is 0. The van der Waals surface area contributed by atoms with E-state index >= 15 is 0 Å². The summed E-state index contributed by atoms with van der Waals surface area (Å²) in [7, 11) is 0. The fourth-order valence-corrected chi connectivity index (χ4v) is 13.6. The number of aryl methyl sites for hydroxylation is 4. The zero-order valence-electron chi connectivity index (χ0n) is 65.3. The molecule has 0 N–H and O–H groups in total. The van der Waals surface area contributed by atoms with Crippen molar-refractivity contribution < 1.29 is 114 Å². The van der Waals surface area contributed by atoms with Gasteiger partial charge in [-0.1, -0.05) is 97.1 Å². The molecule has 0 unspecified atom stereocenters. The van der Waals surface area contributed by atoms with Gasteiger partial charge in [0, 0.05) is 92.4 Å². The molecule has 0 heterocycles. The van der Waals surface area contributed by atoms with E-state index in [9.17, 15) is 38.4 Å². The van der Waals surface area contributed by atoms with Crippen molar-refractivity contribution >= 4 is 47.8 Å². The summed E-state index contributed by atoms with van der Waals surface area (Å²) in [6.45, 7) is 15.4. The highest BCUT2D eigenvalue weighted by Gasteiger charge is 2.39. The van der Waals surface area contributed by atoms with Crippen LogP contribution in [0.1, 0.15) is 168 Å². The topological polar surface area (TPSA) is 284 Å². The Morgan fingerprint density at radius 2 is 0.339 bits per heavy atom. The van der Waals surface area contributed by atoms with Crippen LogP contribution in [0, 0.1) is 27.7 Å². The number of fused-ring (bicyclic) bond motifs is 8. The SMILES string of the molecule is CCOC(=O)COc1cc(OCC(=O)OCC)c2cc1C(c1ccccc1C)c1cc(c(OCC(=O)OCC)cc1OCC(=O)OCC)C(c1ccccc1C)c1cc(c(OCC(=O)OCC)cc1OCC(=O)OCC)C(c1ccccc1C)c1cc(c(OCC(=O)OCC)cc1OCC(=O)OCC)C2c1ccccc1C. The molecule has 0 radical (unpaired) electrons. The number of carbonyl (C=O) groups excluding carboxylic acids is 8. The van der Waals surface area contributed by atoms with Crippen molar-refractivity contribution in [2.24, 2.45) is 0 Å². The summed E-state index contributed by atoms with van der Waals surface area (Å²) in [5.41, 5.74) is 7.57. The Balaban J connectivity index is 1.67. The minimum absolute atomic E-state index is 0.00375. The van der Waals surface area contributed by atoms with Crippen molar-refractivity contribution in [3.63, 3.8) is 0 Å². The normalized spacial score (nSPS) is 14.0. The maximum atomic E-state index is 14.0. The number of ether oxygens (including phenoxy) is 16. The Kier molecular flexibility index (Phi) is 30.8. The van der Waals surface area contributed by atoms with Gasteiger partial charge in [0.1, 0.15) is 46.0 Å². The molecule has 8 bridgehead atoms. The number of carbonyl (C=O) groups is 8. The first-order valence-electron chi connectivity index (χ1n) is 37.4. The molecule has 0 aliphatic heterocycles. The molecule has 0 saturated heterocycles. The predicted octanol–water partition coefficient (Wildman–Crippen LogP) is 13.5. The molecule has 0 saturated carbocycles. The van der Waals surface area contributed by atoms with Crippen molar-refractivity contribution in [3.8, 4) is 46.0 Å². The van der Waals surface area contributed by atoms with Crippen molar-refractivity contribution in [3.05, 3.63) is 235 Å². The molecule has 8 aromatic rings. The van der Waals surface area contributed by atoms with Gasteiger partial charge >= 0.3 is 47.8 Å². The number of hydrogen-bond donors (Lipinski definition) is 0. The second kappa shape index (κ2) is 41.1. The summed E-state index contributed by atoms with van der Waals surface area (Å²) in [6.07, 6.45) is 0. The fraction of sp³-hybridized carbons (Fsp3) is 0.364. The summed E-state index contributed by atoms with van der Waals surface area (Å²) < 4.78 is 99.0. The zero-order valence-corrected chi connectivity index (χ0v) is 65.3. The third kappa shape index (κ3) is 21.3. The molecule has 0 fully saturated rings. The van der Waals surface area contributed by atoms with E-state index < -0.39 is 124 Å². The second-order valence-electron chi connectivity index (χ2n) is 25.6. The Bertz CT molecular complexity index is 3890. The van der Waals surface area contributed by atoms with E-state index in [2.05, 4.69) is 0 Å². The molecular formula is C88H96O24. The Morgan fingerprint density at radius 3 is 0.464 bits per heavy atom. The van der Waals surface area contributed by atoms with Crippen LogP contribution in [0.3, 0.4) is 0 Å². The number of esters is 8. The fourth-order valence-electron chi connectivity index (χ4n) is 13.6. The van der Waals surface area contributed by atoms with Gasteiger partial charge in [0.15, 0.2) is 52.9 Å². The van der Waals surface area contributed by atoms with Gasteiger partial charge in [-0.15, -0.1) is 0 Å². The summed E-state index contributed by atoms with van der Waals surface area (Å²) in [6, 6.07) is 43.5. The first-order chi connectivity index (χ1) is 54.2. The maximum Gasteiger partial charge on any atom is 0.344 e. The Morgan fingerprint density at radius 1 is 0.205 bits per heavy atom. The molecule has 0 atom stereocenters. The third-order valence-electron chi connectivity index (χ3n) is 18.3. The van der Waals surface area contributed by atoms with Gasteiger partial charge < -0.3 is 75.8 Å². The van der Waals surface area contributed by atoms with Crippen LogP contribution < -0.4 is 37.9 Å². The van der Waals surface area contributed by atoms with E-state index in [1.165, 1.54) is 0 Å². The Hall–Kier alpha value is -12.1. The van der Waals surface area contributed by atoms with Gasteiger partial charge in [0.2, 0.25) is 0 Å². The maximum absolute atomic E-state index is 14.0. The minimum atomic E-state index is -1.18. The molecule has 1 aliphatic rings. The molecule has 1 aliphatic carbocycles. The van der Waals surface area contributed by atoms with Crippen LogP contribution in [0.2, 0.25) is 0 Å². The molecule has 24 nitrogen and oxygen atoms in total. The van der Waals surface area contributed by atoms with Crippen molar-refractivity contribution in [2.45, 2.75) is 107 Å². The lowest BCUT2D eigenvalue weighted by Gasteiger charge is -2.33. The van der Waals surface area contributed by atoms with Gasteiger partial charge in [-0.25, -0.2) is 38.4 Å². The highest BCUT2D eigenvalue weighted by molar-refractivity contribution is 5.78. The lowest BCUT2D eigenvalue weighted by molar-refractivity contribution is -0.146. The number of hydrogen-bond acceptors (Lipinski definition) is 24. The monoisotopic (exact) mass is 1540 g/mol. The Labute approximate surface area is 652 Å². The quantitative estimate of drug-likeness (QED) is 0.0260. The van der Waals surface area contributed by atoms with Gasteiger partial charge in [-0.2, -0.15) is 0 Å². The molecule has 24 heteroatoms. The second-order valence-corrected chi connectivity index (χ2v) is 25.6. The van der Waals surface area contributed by atoms with Crippen LogP contribution in [-0.4, -0.2) is 153 Å². The molecule has 9 rings (SSSR count). The predicted molar refractivity (Wildman–Crippen MR) is 411 cm³/mol. The standard InChI is InChI=1S/C88H96O24/c1-13-97-77(89)45-105-69-41-70(106-46-78(90)98-14-2)62-37-61(69)85(57-33-25-21-29-53(57)9)63-38-64(72(108-48-80(92)100-16-4)42-71(63)107-47-79(91)99-15-3)87(59-35-27-23-31-55(59)11)67-40-68(76(112-52-84(96)104-20-8)44-75(67)111-51-83(95)103-19-7)88(60-36-28-24-32-56(60)12)66-39-65(86(62)58-34-26-22-30-54(58)10)73(109-49-81(93)101-17-5)43-74(66)110-50-82(94)102-18-6/h21-44,85-88H,13-20,45-52H2,1-12H3. The van der Waals surface area contributed by atoms with E-state index in [0.29, 0.717) is 89.0 Å². The van der Waals surface area contributed by atoms with Crippen molar-refractivity contribution in [1.29, 1.82) is 0 Å². The minimum Gasteiger partial charge on any atom is -0.481 e. The molecule has 0 spiro atoms. The van der Waals surface area contributed by atoms with Gasteiger partial charge in [0.05, 0.1) is 52.9 Å². The summed E-state index contributed by atoms with van der Waals surface area (Å²) in [5, 5.41) is 0. The molecule has 0 amide bonds. The average molecular weight is 1540 g/mol. The van der Waals surface area contributed by atoms with Crippen LogP contribution in [-0.2, 0) is 76.3 Å². The van der Waals surface area contributed by atoms with Crippen LogP contribution in [0.25, 0.3) is 0 Å². The van der Waals surface area contributed by atoms with Crippen LogP contribution in [0.4, 0.5) is 0 Å². The van der Waals surface area contributed by atoms with Gasteiger partial charge in [-0.3, -0.25) is 0 Å². The molecule has 0 aromatic heterocycles. The molecular weight excluding hydrogens is 1440 g/mol. The summed E-state index contributed by atoms with van der Waals surface area (Å²) in [5.74, 6) is -10.7. The first-order valence-corrected chi connectivity index (χ1v) is 37.4. The van der Waals surface area contributed by atoms with E-state index in [0.717, 1.165) is 0 Å². The first kappa shape index (κ1) is 83.9. The van der Waals surface area contributed by atoms with E-state index in [-0.39, 0.29) is 98.9 Å².